The van der Waals surface area contributed by atoms with Gasteiger partial charge in [-0.15, -0.1) is 0 Å². The highest BCUT2D eigenvalue weighted by atomic mass is 79.9. The van der Waals surface area contributed by atoms with Gasteiger partial charge < -0.3 is 18.9 Å². The molecule has 0 spiro atoms. The smallest absolute Gasteiger partial charge is 0.231 e. The average Bonchev–Trinajstić information content (AvgIpc) is 3.15. The van der Waals surface area contributed by atoms with Gasteiger partial charge in [0, 0.05) is 21.2 Å². The number of allylic oxidation sites excluding steroid dienone is 1. The second-order valence-electron chi connectivity index (χ2n) is 8.05. The molecule has 0 saturated carbocycles. The van der Waals surface area contributed by atoms with E-state index in [1.807, 2.05) is 37.3 Å². The van der Waals surface area contributed by atoms with Crippen molar-refractivity contribution in [1.82, 2.24) is 0 Å². The first-order chi connectivity index (χ1) is 16.0. The molecule has 2 heterocycles. The third kappa shape index (κ3) is 4.28. The van der Waals surface area contributed by atoms with Crippen molar-refractivity contribution in [2.24, 2.45) is 0 Å². The SMILES string of the molecule is CCc1ccc(/C=C2\Oc3c(ccc(OCc4cc(Br)cc5c4OCOC5)c3C)C2=O)cc1. The summed E-state index contributed by atoms with van der Waals surface area (Å²) in [5.74, 6) is 2.22. The number of aryl methyl sites for hydroxylation is 1. The molecule has 0 aliphatic carbocycles. The maximum atomic E-state index is 12.9. The third-order valence-corrected chi connectivity index (χ3v) is 6.32. The van der Waals surface area contributed by atoms with Crippen molar-refractivity contribution in [3.63, 3.8) is 0 Å². The van der Waals surface area contributed by atoms with Crippen LogP contribution in [0.1, 0.15) is 45.1 Å². The molecule has 33 heavy (non-hydrogen) atoms. The number of Topliss-reactive ketones (excluding diaryl/α,β-unsaturated/α-hetero) is 1. The van der Waals surface area contributed by atoms with Crippen LogP contribution in [-0.4, -0.2) is 12.6 Å². The molecule has 168 valence electrons. The van der Waals surface area contributed by atoms with E-state index < -0.39 is 0 Å². The molecule has 6 heteroatoms. The highest BCUT2D eigenvalue weighted by Gasteiger charge is 2.30. The van der Waals surface area contributed by atoms with Gasteiger partial charge in [-0.05, 0) is 54.8 Å². The Hall–Kier alpha value is -3.09. The zero-order valence-electron chi connectivity index (χ0n) is 18.4. The molecule has 3 aromatic carbocycles. The number of ketones is 1. The largest absolute Gasteiger partial charge is 0.488 e. The summed E-state index contributed by atoms with van der Waals surface area (Å²) in [5, 5.41) is 0. The van der Waals surface area contributed by atoms with E-state index >= 15 is 0 Å². The Bertz CT molecular complexity index is 1260. The zero-order valence-corrected chi connectivity index (χ0v) is 20.0. The number of benzene rings is 3. The Labute approximate surface area is 201 Å². The minimum absolute atomic E-state index is 0.117. The van der Waals surface area contributed by atoms with Crippen LogP contribution < -0.4 is 14.2 Å². The van der Waals surface area contributed by atoms with Crippen LogP contribution >= 0.6 is 15.9 Å². The third-order valence-electron chi connectivity index (χ3n) is 5.86. The van der Waals surface area contributed by atoms with Crippen LogP contribution in [0.15, 0.2) is 58.8 Å². The van der Waals surface area contributed by atoms with Gasteiger partial charge in [0.25, 0.3) is 0 Å². The van der Waals surface area contributed by atoms with Gasteiger partial charge in [-0.25, -0.2) is 0 Å². The van der Waals surface area contributed by atoms with Crippen molar-refractivity contribution in [3.8, 4) is 17.2 Å². The van der Waals surface area contributed by atoms with E-state index in [4.69, 9.17) is 18.9 Å². The topological polar surface area (TPSA) is 54.0 Å². The minimum atomic E-state index is -0.117. The molecule has 2 aliphatic rings. The average molecular weight is 507 g/mol. The molecular weight excluding hydrogens is 484 g/mol. The predicted molar refractivity (Wildman–Crippen MR) is 129 cm³/mol. The summed E-state index contributed by atoms with van der Waals surface area (Å²) in [5.41, 5.74) is 5.43. The Kier molecular flexibility index (Phi) is 5.96. The van der Waals surface area contributed by atoms with E-state index in [1.54, 1.807) is 12.1 Å². The maximum Gasteiger partial charge on any atom is 0.231 e. The number of ether oxygens (including phenoxy) is 4. The van der Waals surface area contributed by atoms with Crippen LogP contribution in [0.25, 0.3) is 6.08 Å². The van der Waals surface area contributed by atoms with Crippen LogP contribution in [0, 0.1) is 6.92 Å². The molecule has 0 bridgehead atoms. The quantitative estimate of drug-likeness (QED) is 0.375. The number of carbonyl (C=O) groups is 1. The van der Waals surface area contributed by atoms with Crippen LogP contribution in [-0.2, 0) is 24.4 Å². The van der Waals surface area contributed by atoms with Gasteiger partial charge >= 0.3 is 0 Å². The lowest BCUT2D eigenvalue weighted by Gasteiger charge is -2.21. The van der Waals surface area contributed by atoms with E-state index in [0.29, 0.717) is 36.0 Å². The van der Waals surface area contributed by atoms with Crippen LogP contribution in [0.4, 0.5) is 0 Å². The fraction of sp³-hybridized carbons (Fsp3) is 0.222. The fourth-order valence-electron chi connectivity index (χ4n) is 4.04. The molecule has 5 rings (SSSR count). The van der Waals surface area contributed by atoms with Crippen LogP contribution in [0.2, 0.25) is 0 Å². The molecule has 0 N–H and O–H groups in total. The Morgan fingerprint density at radius 1 is 1.09 bits per heavy atom. The Morgan fingerprint density at radius 2 is 1.91 bits per heavy atom. The van der Waals surface area contributed by atoms with Gasteiger partial charge in [-0.2, -0.15) is 0 Å². The monoisotopic (exact) mass is 506 g/mol. The Balaban J connectivity index is 1.37. The van der Waals surface area contributed by atoms with E-state index in [1.165, 1.54) is 5.56 Å². The standard InChI is InChI=1S/C27H23BrO5/c1-3-17-4-6-18(7-5-17)10-24-25(29)22-8-9-23(16(2)26(22)33-24)31-14-20-12-21(28)11-19-13-30-15-32-27(19)20/h4-12H,3,13-15H2,1-2H3/b24-10-. The summed E-state index contributed by atoms with van der Waals surface area (Å²) in [6.07, 6.45) is 2.76. The predicted octanol–water partition coefficient (Wildman–Crippen LogP) is 6.38. The van der Waals surface area contributed by atoms with Crippen molar-refractivity contribution < 1.29 is 23.7 Å². The van der Waals surface area contributed by atoms with Crippen molar-refractivity contribution >= 4 is 27.8 Å². The number of hydrogen-bond acceptors (Lipinski definition) is 5. The summed E-state index contributed by atoms with van der Waals surface area (Å²) in [4.78, 5) is 12.9. The van der Waals surface area contributed by atoms with Crippen LogP contribution in [0.3, 0.4) is 0 Å². The van der Waals surface area contributed by atoms with E-state index in [2.05, 4.69) is 35.0 Å². The second-order valence-corrected chi connectivity index (χ2v) is 8.97. The van der Waals surface area contributed by atoms with Gasteiger partial charge in [-0.1, -0.05) is 47.1 Å². The maximum absolute atomic E-state index is 12.9. The van der Waals surface area contributed by atoms with Gasteiger partial charge in [0.1, 0.15) is 23.9 Å². The van der Waals surface area contributed by atoms with E-state index in [0.717, 1.165) is 38.9 Å². The highest BCUT2D eigenvalue weighted by Crippen LogP contribution is 2.40. The normalized spacial score (nSPS) is 15.6. The lowest BCUT2D eigenvalue weighted by molar-refractivity contribution is -0.0176. The molecule has 0 aromatic heterocycles. The molecular formula is C27H23BrO5. The lowest BCUT2D eigenvalue weighted by atomic mass is 10.0. The van der Waals surface area contributed by atoms with Crippen molar-refractivity contribution in [2.75, 3.05) is 6.79 Å². The molecule has 2 aliphatic heterocycles. The molecule has 0 amide bonds. The number of fused-ring (bicyclic) bond motifs is 2. The molecule has 0 atom stereocenters. The first-order valence-electron chi connectivity index (χ1n) is 10.8. The molecule has 0 radical (unpaired) electrons. The number of halogens is 1. The number of rotatable bonds is 5. The summed E-state index contributed by atoms with van der Waals surface area (Å²) < 4.78 is 24.1. The van der Waals surface area contributed by atoms with Gasteiger partial charge in [0.05, 0.1) is 12.2 Å². The fourth-order valence-corrected chi connectivity index (χ4v) is 4.60. The highest BCUT2D eigenvalue weighted by molar-refractivity contribution is 9.10. The van der Waals surface area contributed by atoms with Crippen LogP contribution in [0.5, 0.6) is 17.2 Å². The van der Waals surface area contributed by atoms with E-state index in [9.17, 15) is 4.79 Å². The number of hydrogen-bond donors (Lipinski definition) is 0. The molecule has 0 fully saturated rings. The van der Waals surface area contributed by atoms with Gasteiger partial charge in [0.15, 0.2) is 12.6 Å². The number of carbonyl (C=O) groups excluding carboxylic acids is 1. The lowest BCUT2D eigenvalue weighted by Crippen LogP contribution is -2.14. The molecule has 3 aromatic rings. The summed E-state index contributed by atoms with van der Waals surface area (Å²) >= 11 is 3.54. The minimum Gasteiger partial charge on any atom is -0.488 e. The molecule has 5 nitrogen and oxygen atoms in total. The van der Waals surface area contributed by atoms with Gasteiger partial charge in [0.2, 0.25) is 5.78 Å². The van der Waals surface area contributed by atoms with Gasteiger partial charge in [-0.3, -0.25) is 4.79 Å². The first-order valence-corrected chi connectivity index (χ1v) is 11.6. The van der Waals surface area contributed by atoms with Crippen molar-refractivity contribution in [1.29, 1.82) is 0 Å². The van der Waals surface area contributed by atoms with Crippen molar-refractivity contribution in [3.05, 3.63) is 92.1 Å². The summed E-state index contributed by atoms with van der Waals surface area (Å²) in [6.45, 7) is 5.07. The summed E-state index contributed by atoms with van der Waals surface area (Å²) in [7, 11) is 0. The second kappa shape index (κ2) is 9.04. The van der Waals surface area contributed by atoms with E-state index in [-0.39, 0.29) is 12.6 Å². The summed E-state index contributed by atoms with van der Waals surface area (Å²) in [6, 6.07) is 15.7. The van der Waals surface area contributed by atoms with Crippen molar-refractivity contribution in [2.45, 2.75) is 33.5 Å². The zero-order chi connectivity index (χ0) is 22.9. The first kappa shape index (κ1) is 21.7. The molecule has 0 unspecified atom stereocenters. The Morgan fingerprint density at radius 3 is 2.70 bits per heavy atom. The molecule has 0 saturated heterocycles.